The zero-order valence-corrected chi connectivity index (χ0v) is 12.6. The lowest BCUT2D eigenvalue weighted by Gasteiger charge is -2.10. The number of nitrogens with one attached hydrogen (secondary N) is 1. The second-order valence-corrected chi connectivity index (χ2v) is 4.82. The molecule has 0 heterocycles. The molecule has 0 aliphatic carbocycles. The highest BCUT2D eigenvalue weighted by atomic mass is 35.5. The molecule has 1 N–H and O–H groups in total. The maximum absolute atomic E-state index is 12.1. The fraction of sp³-hybridized carbons (Fsp3) is 0.188. The number of ether oxygens (including phenoxy) is 2. The van der Waals surface area contributed by atoms with Crippen molar-refractivity contribution in [2.75, 3.05) is 26.1 Å². The van der Waals surface area contributed by atoms with Crippen LogP contribution >= 0.6 is 11.6 Å². The van der Waals surface area contributed by atoms with Crippen LogP contribution in [0, 0.1) is 0 Å². The van der Waals surface area contributed by atoms with E-state index >= 15 is 0 Å². The van der Waals surface area contributed by atoms with Gasteiger partial charge in [-0.2, -0.15) is 0 Å². The molecule has 0 amide bonds. The average Bonchev–Trinajstić information content (AvgIpc) is 2.52. The predicted octanol–water partition coefficient (Wildman–Crippen LogP) is 3.65. The minimum Gasteiger partial charge on any atom is -0.497 e. The first-order valence-corrected chi connectivity index (χ1v) is 6.76. The summed E-state index contributed by atoms with van der Waals surface area (Å²) >= 11 is 5.80. The zero-order chi connectivity index (χ0) is 15.2. The molecule has 0 saturated heterocycles. The maximum atomic E-state index is 12.1. The van der Waals surface area contributed by atoms with E-state index < -0.39 is 0 Å². The van der Waals surface area contributed by atoms with Gasteiger partial charge in [0.05, 0.1) is 20.8 Å². The van der Waals surface area contributed by atoms with Gasteiger partial charge in [0.2, 0.25) is 0 Å². The van der Waals surface area contributed by atoms with Crippen LogP contribution in [0.2, 0.25) is 5.02 Å². The highest BCUT2D eigenvalue weighted by molar-refractivity contribution is 6.30. The van der Waals surface area contributed by atoms with Gasteiger partial charge in [0.1, 0.15) is 11.5 Å². The third-order valence-electron chi connectivity index (χ3n) is 2.97. The van der Waals surface area contributed by atoms with Crippen LogP contribution < -0.4 is 14.8 Å². The van der Waals surface area contributed by atoms with Crippen molar-refractivity contribution < 1.29 is 14.3 Å². The summed E-state index contributed by atoms with van der Waals surface area (Å²) in [4.78, 5) is 12.1. The first-order chi connectivity index (χ1) is 10.1. The minimum absolute atomic E-state index is 0.0200. The van der Waals surface area contributed by atoms with Gasteiger partial charge in [-0.3, -0.25) is 4.79 Å². The van der Waals surface area contributed by atoms with Crippen molar-refractivity contribution in [2.24, 2.45) is 0 Å². The van der Waals surface area contributed by atoms with E-state index in [1.54, 1.807) is 56.7 Å². The molecule has 0 atom stereocenters. The Balaban J connectivity index is 2.05. The Morgan fingerprint density at radius 3 is 2.14 bits per heavy atom. The van der Waals surface area contributed by atoms with Crippen LogP contribution in [0.3, 0.4) is 0 Å². The first-order valence-electron chi connectivity index (χ1n) is 6.38. The molecule has 0 radical (unpaired) electrons. The summed E-state index contributed by atoms with van der Waals surface area (Å²) in [5, 5.41) is 3.67. The fourth-order valence-corrected chi connectivity index (χ4v) is 1.96. The molecule has 0 spiro atoms. The normalized spacial score (nSPS) is 10.0. The van der Waals surface area contributed by atoms with Crippen LogP contribution in [0.25, 0.3) is 0 Å². The second-order valence-electron chi connectivity index (χ2n) is 4.38. The molecule has 21 heavy (non-hydrogen) atoms. The van der Waals surface area contributed by atoms with E-state index in [9.17, 15) is 4.79 Å². The van der Waals surface area contributed by atoms with E-state index in [-0.39, 0.29) is 12.3 Å². The molecule has 2 rings (SSSR count). The number of halogens is 1. The van der Waals surface area contributed by atoms with Crippen LogP contribution in [0.1, 0.15) is 10.4 Å². The van der Waals surface area contributed by atoms with Crippen molar-refractivity contribution in [3.63, 3.8) is 0 Å². The molecule has 0 unspecified atom stereocenters. The van der Waals surface area contributed by atoms with E-state index in [4.69, 9.17) is 21.1 Å². The number of rotatable bonds is 6. The monoisotopic (exact) mass is 305 g/mol. The summed E-state index contributed by atoms with van der Waals surface area (Å²) in [6.45, 7) is 0.179. The lowest BCUT2D eigenvalue weighted by Crippen LogP contribution is -2.14. The van der Waals surface area contributed by atoms with Gasteiger partial charge >= 0.3 is 0 Å². The lowest BCUT2D eigenvalue weighted by atomic mass is 10.1. The van der Waals surface area contributed by atoms with E-state index in [0.29, 0.717) is 22.1 Å². The molecular formula is C16H16ClNO3. The van der Waals surface area contributed by atoms with Crippen molar-refractivity contribution in [3.8, 4) is 11.5 Å². The lowest BCUT2D eigenvalue weighted by molar-refractivity contribution is 0.101. The molecule has 0 saturated carbocycles. The van der Waals surface area contributed by atoms with Crippen molar-refractivity contribution >= 4 is 23.1 Å². The molecule has 0 aliphatic heterocycles. The summed E-state index contributed by atoms with van der Waals surface area (Å²) in [6.07, 6.45) is 0. The van der Waals surface area contributed by atoms with Gasteiger partial charge in [0.15, 0.2) is 5.78 Å². The quantitative estimate of drug-likeness (QED) is 0.828. The topological polar surface area (TPSA) is 47.6 Å². The molecule has 0 bridgehead atoms. The van der Waals surface area contributed by atoms with Crippen molar-refractivity contribution in [2.45, 2.75) is 0 Å². The van der Waals surface area contributed by atoms with Crippen molar-refractivity contribution in [1.29, 1.82) is 0 Å². The van der Waals surface area contributed by atoms with Gasteiger partial charge in [-0.1, -0.05) is 11.6 Å². The van der Waals surface area contributed by atoms with Crippen LogP contribution in [0.5, 0.6) is 11.5 Å². The van der Waals surface area contributed by atoms with Crippen LogP contribution in [-0.2, 0) is 0 Å². The van der Waals surface area contributed by atoms with Gasteiger partial charge in [0.25, 0.3) is 0 Å². The van der Waals surface area contributed by atoms with Gasteiger partial charge < -0.3 is 14.8 Å². The number of benzene rings is 2. The summed E-state index contributed by atoms with van der Waals surface area (Å²) in [5.74, 6) is 1.31. The Kier molecular flexibility index (Phi) is 5.06. The Labute approximate surface area is 128 Å². The second kappa shape index (κ2) is 6.99. The van der Waals surface area contributed by atoms with E-state index in [1.807, 2.05) is 0 Å². The molecule has 0 fully saturated rings. The predicted molar refractivity (Wildman–Crippen MR) is 83.8 cm³/mol. The summed E-state index contributed by atoms with van der Waals surface area (Å²) < 4.78 is 10.4. The van der Waals surface area contributed by atoms with E-state index in [0.717, 1.165) is 5.69 Å². The molecule has 0 aliphatic rings. The molecule has 0 aromatic heterocycles. The average molecular weight is 306 g/mol. The molecule has 4 nitrogen and oxygen atoms in total. The van der Waals surface area contributed by atoms with Gasteiger partial charge in [0, 0.05) is 34.5 Å². The van der Waals surface area contributed by atoms with Crippen LogP contribution in [0.15, 0.2) is 42.5 Å². The number of carbonyl (C=O) groups excluding carboxylic acids is 1. The fourth-order valence-electron chi connectivity index (χ4n) is 1.83. The number of hydrogen-bond donors (Lipinski definition) is 1. The number of Topliss-reactive ketones (excluding diaryl/α,β-unsaturated/α-hetero) is 1. The van der Waals surface area contributed by atoms with Gasteiger partial charge in [-0.15, -0.1) is 0 Å². The van der Waals surface area contributed by atoms with Gasteiger partial charge in [-0.25, -0.2) is 0 Å². The van der Waals surface area contributed by atoms with Crippen molar-refractivity contribution in [3.05, 3.63) is 53.1 Å². The third-order valence-corrected chi connectivity index (χ3v) is 3.22. The highest BCUT2D eigenvalue weighted by Gasteiger charge is 2.07. The van der Waals surface area contributed by atoms with Crippen LogP contribution in [-0.4, -0.2) is 26.5 Å². The van der Waals surface area contributed by atoms with E-state index in [1.165, 1.54) is 0 Å². The number of methoxy groups -OCH3 is 2. The Hall–Kier alpha value is -2.20. The standard InChI is InChI=1S/C16H16ClNO3/c1-20-14-7-13(8-15(9-14)21-2)18-10-16(19)11-3-5-12(17)6-4-11/h3-9,18H,10H2,1-2H3. The van der Waals surface area contributed by atoms with Crippen molar-refractivity contribution in [1.82, 2.24) is 0 Å². The van der Waals surface area contributed by atoms with Crippen LogP contribution in [0.4, 0.5) is 5.69 Å². The number of ketones is 1. The largest absolute Gasteiger partial charge is 0.497 e. The maximum Gasteiger partial charge on any atom is 0.181 e. The Bertz CT molecular complexity index is 604. The van der Waals surface area contributed by atoms with Gasteiger partial charge in [-0.05, 0) is 24.3 Å². The molecule has 110 valence electrons. The zero-order valence-electron chi connectivity index (χ0n) is 11.9. The van der Waals surface area contributed by atoms with E-state index in [2.05, 4.69) is 5.32 Å². The molecule has 2 aromatic carbocycles. The number of hydrogen-bond acceptors (Lipinski definition) is 4. The third kappa shape index (κ3) is 4.13. The first kappa shape index (κ1) is 15.2. The summed E-state index contributed by atoms with van der Waals surface area (Å²) in [7, 11) is 3.16. The highest BCUT2D eigenvalue weighted by Crippen LogP contribution is 2.25. The number of carbonyl (C=O) groups is 1. The number of anilines is 1. The SMILES string of the molecule is COc1cc(NCC(=O)c2ccc(Cl)cc2)cc(OC)c1. The molecule has 2 aromatic rings. The Morgan fingerprint density at radius 1 is 1.05 bits per heavy atom. The Morgan fingerprint density at radius 2 is 1.62 bits per heavy atom. The molecule has 5 heteroatoms. The molecular weight excluding hydrogens is 290 g/mol. The summed E-state index contributed by atoms with van der Waals surface area (Å²) in [5.41, 5.74) is 1.37. The smallest absolute Gasteiger partial charge is 0.181 e. The summed E-state index contributed by atoms with van der Waals surface area (Å²) in [6, 6.07) is 12.2. The minimum atomic E-state index is -0.0200.